The predicted octanol–water partition coefficient (Wildman–Crippen LogP) is 2.55. The molecule has 28 heavy (non-hydrogen) atoms. The van der Waals surface area contributed by atoms with Crippen LogP contribution in [0.1, 0.15) is 24.8 Å². The first kappa shape index (κ1) is 20.2. The van der Waals surface area contributed by atoms with Crippen LogP contribution in [0.15, 0.2) is 40.8 Å². The lowest BCUT2D eigenvalue weighted by Crippen LogP contribution is -3.13. The number of nitriles is 3. The monoisotopic (exact) mass is 390 g/mol. The van der Waals surface area contributed by atoms with Crippen molar-refractivity contribution in [1.82, 2.24) is 0 Å². The van der Waals surface area contributed by atoms with E-state index in [4.69, 9.17) is 5.41 Å². The maximum atomic E-state index is 10.1. The Morgan fingerprint density at radius 2 is 2.04 bits per heavy atom. The maximum Gasteiger partial charge on any atom is 0.189 e. The molecular formula is C22H24N5S+. The predicted molar refractivity (Wildman–Crippen MR) is 109 cm³/mol. The highest BCUT2D eigenvalue weighted by Crippen LogP contribution is 2.52. The zero-order valence-corrected chi connectivity index (χ0v) is 17.0. The summed E-state index contributed by atoms with van der Waals surface area (Å²) < 4.78 is 0. The average molecular weight is 391 g/mol. The summed E-state index contributed by atoms with van der Waals surface area (Å²) >= 11 is 1.61. The fourth-order valence-corrected chi connectivity index (χ4v) is 5.20. The van der Waals surface area contributed by atoms with Gasteiger partial charge in [0.25, 0.3) is 0 Å². The van der Waals surface area contributed by atoms with E-state index >= 15 is 0 Å². The molecule has 1 saturated carbocycles. The van der Waals surface area contributed by atoms with Crippen LogP contribution in [0.2, 0.25) is 0 Å². The van der Waals surface area contributed by atoms with Crippen molar-refractivity contribution in [3.8, 4) is 18.2 Å². The molecular weight excluding hydrogens is 366 g/mol. The molecule has 6 heteroatoms. The standard InChI is InChI=1S/C22H23N5S/c1-3-8-27-9-7-17-18(11-23)21(26)22(13-24,14-25)20(19(17)12-27)15-5-4-6-16(10-15)28-2/h4-7,10,18-20,26H,3,8-9,12H2,1-2H3/p+1/t18?,19-,20+/m0/s1. The van der Waals surface area contributed by atoms with Gasteiger partial charge in [-0.05, 0) is 42.0 Å². The van der Waals surface area contributed by atoms with Crippen molar-refractivity contribution >= 4 is 17.5 Å². The van der Waals surface area contributed by atoms with Crippen LogP contribution in [0.25, 0.3) is 0 Å². The lowest BCUT2D eigenvalue weighted by atomic mass is 9.54. The van der Waals surface area contributed by atoms with Crippen molar-refractivity contribution in [2.75, 3.05) is 25.9 Å². The highest BCUT2D eigenvalue weighted by Gasteiger charge is 2.58. The van der Waals surface area contributed by atoms with Gasteiger partial charge in [-0.15, -0.1) is 11.8 Å². The van der Waals surface area contributed by atoms with E-state index < -0.39 is 17.3 Å². The van der Waals surface area contributed by atoms with E-state index in [1.54, 1.807) is 11.8 Å². The Bertz CT molecular complexity index is 915. The van der Waals surface area contributed by atoms with Gasteiger partial charge < -0.3 is 10.3 Å². The number of thioether (sulfide) groups is 1. The minimum Gasteiger partial charge on any atom is -0.331 e. The number of hydrogen-bond acceptors (Lipinski definition) is 5. The van der Waals surface area contributed by atoms with Crippen LogP contribution in [-0.4, -0.2) is 31.6 Å². The zero-order chi connectivity index (χ0) is 20.3. The van der Waals surface area contributed by atoms with Crippen molar-refractivity contribution in [3.63, 3.8) is 0 Å². The fraction of sp³-hybridized carbons (Fsp3) is 0.455. The van der Waals surface area contributed by atoms with Crippen LogP contribution in [0, 0.1) is 56.7 Å². The summed E-state index contributed by atoms with van der Waals surface area (Å²) in [6.45, 7) is 4.77. The van der Waals surface area contributed by atoms with Gasteiger partial charge in [-0.1, -0.05) is 19.1 Å². The Kier molecular flexibility index (Phi) is 5.90. The molecule has 4 atom stereocenters. The van der Waals surface area contributed by atoms with Crippen molar-refractivity contribution in [2.24, 2.45) is 17.3 Å². The SMILES string of the molecule is CCC[NH+]1CC=C2C(C#N)C(=N)C(C#N)(C#N)[C@H](c3cccc(SC)c3)[C@H]2C1. The molecule has 142 valence electrons. The highest BCUT2D eigenvalue weighted by atomic mass is 32.2. The van der Waals surface area contributed by atoms with Crippen LogP contribution in [0.4, 0.5) is 0 Å². The number of nitrogens with zero attached hydrogens (tertiary/aromatic N) is 3. The van der Waals surface area contributed by atoms with Crippen molar-refractivity contribution < 1.29 is 4.90 Å². The Hall–Kier alpha value is -2.59. The van der Waals surface area contributed by atoms with E-state index in [9.17, 15) is 15.8 Å². The average Bonchev–Trinajstić information content (AvgIpc) is 2.73. The minimum absolute atomic E-state index is 0.0685. The van der Waals surface area contributed by atoms with Gasteiger partial charge in [0.2, 0.25) is 0 Å². The summed E-state index contributed by atoms with van der Waals surface area (Å²) in [5, 5.41) is 38.6. The van der Waals surface area contributed by atoms with Crippen molar-refractivity contribution in [2.45, 2.75) is 24.2 Å². The molecule has 0 bridgehead atoms. The summed E-state index contributed by atoms with van der Waals surface area (Å²) in [6, 6.07) is 14.5. The Morgan fingerprint density at radius 3 is 2.64 bits per heavy atom. The molecule has 1 heterocycles. The molecule has 2 unspecified atom stereocenters. The maximum absolute atomic E-state index is 10.1. The minimum atomic E-state index is -1.62. The van der Waals surface area contributed by atoms with Crippen molar-refractivity contribution in [1.29, 1.82) is 21.2 Å². The van der Waals surface area contributed by atoms with Crippen LogP contribution in [0.3, 0.4) is 0 Å². The van der Waals surface area contributed by atoms with Gasteiger partial charge in [0.1, 0.15) is 5.92 Å². The first-order valence-corrected chi connectivity index (χ1v) is 10.8. The van der Waals surface area contributed by atoms with Gasteiger partial charge in [-0.25, -0.2) is 0 Å². The third-order valence-electron chi connectivity index (χ3n) is 6.02. The Morgan fingerprint density at radius 1 is 1.29 bits per heavy atom. The van der Waals surface area contributed by atoms with Gasteiger partial charge in [0, 0.05) is 16.7 Å². The first-order chi connectivity index (χ1) is 13.6. The third-order valence-corrected chi connectivity index (χ3v) is 6.74. The summed E-state index contributed by atoms with van der Waals surface area (Å²) in [4.78, 5) is 2.47. The number of quaternary nitrogens is 1. The summed E-state index contributed by atoms with van der Waals surface area (Å²) in [5.41, 5.74) is 0.146. The fourth-order valence-electron chi connectivity index (χ4n) is 4.73. The molecule has 2 N–H and O–H groups in total. The van der Waals surface area contributed by atoms with Crippen LogP contribution in [0.5, 0.6) is 0 Å². The Balaban J connectivity index is 2.22. The second-order valence-electron chi connectivity index (χ2n) is 7.48. The van der Waals surface area contributed by atoms with Crippen LogP contribution in [-0.2, 0) is 0 Å². The van der Waals surface area contributed by atoms with Gasteiger partial charge in [-0.2, -0.15) is 15.8 Å². The largest absolute Gasteiger partial charge is 0.331 e. The van der Waals surface area contributed by atoms with Gasteiger partial charge in [0.15, 0.2) is 5.41 Å². The van der Waals surface area contributed by atoms with E-state index in [0.29, 0.717) is 0 Å². The molecule has 1 aliphatic carbocycles. The molecule has 0 radical (unpaired) electrons. The first-order valence-electron chi connectivity index (χ1n) is 9.54. The number of fused-ring (bicyclic) bond motifs is 1. The molecule has 1 fully saturated rings. The lowest BCUT2D eigenvalue weighted by molar-refractivity contribution is -0.899. The molecule has 0 aromatic heterocycles. The van der Waals surface area contributed by atoms with Crippen molar-refractivity contribution in [3.05, 3.63) is 41.5 Å². The van der Waals surface area contributed by atoms with Gasteiger partial charge in [0.05, 0.1) is 43.6 Å². The number of benzene rings is 1. The molecule has 5 nitrogen and oxygen atoms in total. The van der Waals surface area contributed by atoms with E-state index in [2.05, 4.69) is 31.2 Å². The third kappa shape index (κ3) is 3.12. The van der Waals surface area contributed by atoms with Gasteiger partial charge in [-0.3, -0.25) is 0 Å². The van der Waals surface area contributed by atoms with Crippen LogP contribution < -0.4 is 4.90 Å². The second kappa shape index (κ2) is 8.19. The molecule has 1 aromatic rings. The molecule has 0 spiro atoms. The van der Waals surface area contributed by atoms with Gasteiger partial charge >= 0.3 is 0 Å². The smallest absolute Gasteiger partial charge is 0.189 e. The molecule has 2 aliphatic rings. The van der Waals surface area contributed by atoms with E-state index in [-0.39, 0.29) is 11.6 Å². The summed E-state index contributed by atoms with van der Waals surface area (Å²) in [6.07, 6.45) is 5.14. The Labute approximate surface area is 170 Å². The lowest BCUT2D eigenvalue weighted by Gasteiger charge is -2.46. The van der Waals surface area contributed by atoms with E-state index in [0.717, 1.165) is 42.1 Å². The molecule has 0 amide bonds. The molecule has 1 aliphatic heterocycles. The van der Waals surface area contributed by atoms with Crippen LogP contribution >= 0.6 is 11.8 Å². The number of hydrogen-bond donors (Lipinski definition) is 2. The summed E-state index contributed by atoms with van der Waals surface area (Å²) in [7, 11) is 0. The quantitative estimate of drug-likeness (QED) is 0.609. The van der Waals surface area contributed by atoms with E-state index in [1.807, 2.05) is 30.5 Å². The number of nitrogens with one attached hydrogen (secondary N) is 2. The molecule has 0 saturated heterocycles. The second-order valence-corrected chi connectivity index (χ2v) is 8.36. The molecule has 1 aromatic carbocycles. The number of rotatable bonds is 4. The van der Waals surface area contributed by atoms with E-state index in [1.165, 1.54) is 4.90 Å². The normalized spacial score (nSPS) is 28.2. The topological polar surface area (TPSA) is 99.7 Å². The summed E-state index contributed by atoms with van der Waals surface area (Å²) in [5.74, 6) is -1.32. The molecule has 3 rings (SSSR count). The highest BCUT2D eigenvalue weighted by molar-refractivity contribution is 7.98. The zero-order valence-electron chi connectivity index (χ0n) is 16.2.